The first-order valence-corrected chi connectivity index (χ1v) is 6.05. The van der Waals surface area contributed by atoms with Crippen molar-refractivity contribution < 1.29 is 14.6 Å². The van der Waals surface area contributed by atoms with E-state index in [1.165, 1.54) is 6.33 Å². The molecular weight excluding hydrogens is 258 g/mol. The van der Waals surface area contributed by atoms with Crippen LogP contribution >= 0.6 is 0 Å². The highest BCUT2D eigenvalue weighted by atomic mass is 16.5. The number of carbonyl (C=O) groups is 1. The van der Waals surface area contributed by atoms with E-state index in [1.807, 2.05) is 0 Å². The number of hydrogen-bond donors (Lipinski definition) is 2. The van der Waals surface area contributed by atoms with Gasteiger partial charge in [0.1, 0.15) is 12.1 Å². The highest BCUT2D eigenvalue weighted by molar-refractivity contribution is 5.81. The quantitative estimate of drug-likeness (QED) is 0.843. The monoisotopic (exact) mass is 273 g/mol. The van der Waals surface area contributed by atoms with Gasteiger partial charge in [0.2, 0.25) is 0 Å². The van der Waals surface area contributed by atoms with Gasteiger partial charge in [0.25, 0.3) is 5.91 Å². The van der Waals surface area contributed by atoms with Crippen molar-refractivity contribution in [3.63, 3.8) is 0 Å². The second-order valence-electron chi connectivity index (χ2n) is 4.09. The Morgan fingerprint density at radius 3 is 2.70 bits per heavy atom. The summed E-state index contributed by atoms with van der Waals surface area (Å²) in [6.07, 6.45) is 1.78. The Morgan fingerprint density at radius 1 is 1.35 bits per heavy atom. The summed E-state index contributed by atoms with van der Waals surface area (Å²) >= 11 is 0. The van der Waals surface area contributed by atoms with E-state index >= 15 is 0 Å². The third kappa shape index (κ3) is 3.52. The first kappa shape index (κ1) is 14.0. The lowest BCUT2D eigenvalue weighted by molar-refractivity contribution is -0.129. The minimum absolute atomic E-state index is 0.245. The van der Waals surface area contributed by atoms with Crippen LogP contribution in [0.3, 0.4) is 0 Å². The van der Waals surface area contributed by atoms with E-state index in [4.69, 9.17) is 4.74 Å². The molecule has 1 amide bonds. The van der Waals surface area contributed by atoms with Crippen molar-refractivity contribution in [3.05, 3.63) is 54.1 Å². The lowest BCUT2D eigenvalue weighted by Gasteiger charge is -2.12. The van der Waals surface area contributed by atoms with Gasteiger partial charge in [-0.25, -0.2) is 9.97 Å². The molecule has 20 heavy (non-hydrogen) atoms. The molecule has 0 radical (unpaired) electrons. The van der Waals surface area contributed by atoms with Gasteiger partial charge in [-0.1, -0.05) is 12.1 Å². The molecule has 0 aliphatic rings. The fourth-order valence-electron chi connectivity index (χ4n) is 1.63. The smallest absolute Gasteiger partial charge is 0.253 e. The summed E-state index contributed by atoms with van der Waals surface area (Å²) in [4.78, 5) is 19.6. The number of hydrogen-bond acceptors (Lipinski definition) is 5. The number of benzene rings is 1. The Hall–Kier alpha value is -2.47. The van der Waals surface area contributed by atoms with Crippen LogP contribution in [-0.2, 0) is 11.3 Å². The van der Waals surface area contributed by atoms with Gasteiger partial charge in [-0.3, -0.25) is 4.79 Å². The van der Waals surface area contributed by atoms with E-state index in [9.17, 15) is 9.90 Å². The molecule has 0 aliphatic carbocycles. The van der Waals surface area contributed by atoms with Gasteiger partial charge in [0, 0.05) is 6.20 Å². The second-order valence-corrected chi connectivity index (χ2v) is 4.09. The van der Waals surface area contributed by atoms with Gasteiger partial charge in [-0.15, -0.1) is 0 Å². The van der Waals surface area contributed by atoms with Crippen LogP contribution in [0, 0.1) is 0 Å². The predicted octanol–water partition coefficient (Wildman–Crippen LogP) is 0.835. The summed E-state index contributed by atoms with van der Waals surface area (Å²) in [5.74, 6) is 0.191. The molecule has 104 valence electrons. The number of carbonyl (C=O) groups excluding carboxylic acids is 1. The molecular formula is C14H15N3O3. The van der Waals surface area contributed by atoms with Gasteiger partial charge in [-0.2, -0.15) is 0 Å². The molecule has 0 fully saturated rings. The van der Waals surface area contributed by atoms with E-state index in [1.54, 1.807) is 43.6 Å². The fourth-order valence-corrected chi connectivity index (χ4v) is 1.63. The number of aliphatic hydroxyl groups is 1. The van der Waals surface area contributed by atoms with Crippen molar-refractivity contribution in [1.29, 1.82) is 0 Å². The number of nitrogens with zero attached hydrogens (tertiary/aromatic N) is 2. The van der Waals surface area contributed by atoms with Crippen LogP contribution in [0.25, 0.3) is 0 Å². The van der Waals surface area contributed by atoms with Crippen molar-refractivity contribution in [2.45, 2.75) is 12.6 Å². The van der Waals surface area contributed by atoms with Crippen molar-refractivity contribution >= 4 is 5.91 Å². The molecule has 6 nitrogen and oxygen atoms in total. The predicted molar refractivity (Wildman–Crippen MR) is 71.8 cm³/mol. The highest BCUT2D eigenvalue weighted by Gasteiger charge is 2.16. The molecule has 0 aliphatic heterocycles. The molecule has 2 rings (SSSR count). The van der Waals surface area contributed by atoms with Gasteiger partial charge in [-0.05, 0) is 23.8 Å². The average Bonchev–Trinajstić information content (AvgIpc) is 2.53. The van der Waals surface area contributed by atoms with Crippen molar-refractivity contribution in [2.75, 3.05) is 7.11 Å². The maximum atomic E-state index is 11.8. The number of amides is 1. The number of methoxy groups -OCH3 is 1. The molecule has 6 heteroatoms. The second kappa shape index (κ2) is 6.63. The molecule has 0 saturated carbocycles. The summed E-state index contributed by atoms with van der Waals surface area (Å²) in [6.45, 7) is 0.245. The number of aromatic nitrogens is 2. The maximum Gasteiger partial charge on any atom is 0.253 e. The minimum atomic E-state index is -1.22. The van der Waals surface area contributed by atoms with Gasteiger partial charge >= 0.3 is 0 Å². The minimum Gasteiger partial charge on any atom is -0.497 e. The van der Waals surface area contributed by atoms with Crippen molar-refractivity contribution in [2.24, 2.45) is 0 Å². The van der Waals surface area contributed by atoms with Gasteiger partial charge in [0.05, 0.1) is 19.3 Å². The molecule has 1 unspecified atom stereocenters. The van der Waals surface area contributed by atoms with Crippen LogP contribution in [0.1, 0.15) is 17.4 Å². The van der Waals surface area contributed by atoms with Crippen LogP contribution in [0.15, 0.2) is 42.9 Å². The third-order valence-corrected chi connectivity index (χ3v) is 2.77. The summed E-state index contributed by atoms with van der Waals surface area (Å²) in [5.41, 5.74) is 1.18. The van der Waals surface area contributed by atoms with Crippen molar-refractivity contribution in [3.8, 4) is 5.75 Å². The van der Waals surface area contributed by atoms with Gasteiger partial charge in [0.15, 0.2) is 6.10 Å². The van der Waals surface area contributed by atoms with Crippen LogP contribution in [-0.4, -0.2) is 28.1 Å². The SMILES string of the molecule is COc1ccc(C(O)C(=O)NCc2ccncn2)cc1. The van der Waals surface area contributed by atoms with E-state index in [-0.39, 0.29) is 6.54 Å². The van der Waals surface area contributed by atoms with Crippen molar-refractivity contribution in [1.82, 2.24) is 15.3 Å². The molecule has 0 spiro atoms. The number of aliphatic hydroxyl groups excluding tert-OH is 1. The Balaban J connectivity index is 1.94. The summed E-state index contributed by atoms with van der Waals surface area (Å²) in [5, 5.41) is 12.6. The van der Waals surface area contributed by atoms with Crippen LogP contribution in [0.5, 0.6) is 5.75 Å². The average molecular weight is 273 g/mol. The van der Waals surface area contributed by atoms with E-state index in [2.05, 4.69) is 15.3 Å². The lowest BCUT2D eigenvalue weighted by atomic mass is 10.1. The molecule has 2 aromatic rings. The summed E-state index contributed by atoms with van der Waals surface area (Å²) in [7, 11) is 1.56. The zero-order valence-electron chi connectivity index (χ0n) is 11.0. The Labute approximate surface area is 116 Å². The first-order valence-electron chi connectivity index (χ1n) is 6.05. The zero-order valence-corrected chi connectivity index (χ0v) is 11.0. The van der Waals surface area contributed by atoms with Gasteiger partial charge < -0.3 is 15.2 Å². The normalized spacial score (nSPS) is 11.7. The summed E-state index contributed by atoms with van der Waals surface area (Å²) < 4.78 is 5.02. The largest absolute Gasteiger partial charge is 0.497 e. The molecule has 1 aromatic carbocycles. The fraction of sp³-hybridized carbons (Fsp3) is 0.214. The molecule has 0 bridgehead atoms. The molecule has 2 N–H and O–H groups in total. The van der Waals surface area contributed by atoms with Crippen LogP contribution in [0.4, 0.5) is 0 Å². The number of ether oxygens (including phenoxy) is 1. The summed E-state index contributed by atoms with van der Waals surface area (Å²) in [6, 6.07) is 8.37. The molecule has 1 atom stereocenters. The van der Waals surface area contributed by atoms with Crippen LogP contribution < -0.4 is 10.1 Å². The number of rotatable bonds is 5. The van der Waals surface area contributed by atoms with Crippen LogP contribution in [0.2, 0.25) is 0 Å². The zero-order chi connectivity index (χ0) is 14.4. The lowest BCUT2D eigenvalue weighted by Crippen LogP contribution is -2.29. The van der Waals surface area contributed by atoms with E-state index < -0.39 is 12.0 Å². The Kier molecular flexibility index (Phi) is 4.62. The van der Waals surface area contributed by atoms with E-state index in [0.29, 0.717) is 17.0 Å². The van der Waals surface area contributed by atoms with E-state index in [0.717, 1.165) is 0 Å². The molecule has 1 aromatic heterocycles. The maximum absolute atomic E-state index is 11.8. The molecule has 1 heterocycles. The topological polar surface area (TPSA) is 84.3 Å². The standard InChI is InChI=1S/C14H15N3O3/c1-20-12-4-2-10(3-5-12)13(18)14(19)16-8-11-6-7-15-9-17-11/h2-7,9,13,18H,8H2,1H3,(H,16,19). The molecule has 0 saturated heterocycles. The number of nitrogens with one attached hydrogen (secondary N) is 1. The Morgan fingerprint density at radius 2 is 2.10 bits per heavy atom. The highest BCUT2D eigenvalue weighted by Crippen LogP contribution is 2.17. The third-order valence-electron chi connectivity index (χ3n) is 2.77. The first-order chi connectivity index (χ1) is 9.70. The Bertz CT molecular complexity index is 558.